The second-order valence-corrected chi connectivity index (χ2v) is 13.6. The van der Waals surface area contributed by atoms with Crippen molar-refractivity contribution in [2.24, 2.45) is 4.99 Å². The van der Waals surface area contributed by atoms with Gasteiger partial charge in [0.1, 0.15) is 23.9 Å². The fourth-order valence-corrected chi connectivity index (χ4v) is 6.38. The number of hydrogen-bond donors (Lipinski definition) is 0. The number of amides is 2. The lowest BCUT2D eigenvalue weighted by Crippen LogP contribution is -2.48. The van der Waals surface area contributed by atoms with Crippen molar-refractivity contribution in [3.05, 3.63) is 126 Å². The summed E-state index contributed by atoms with van der Waals surface area (Å²) in [5, 5.41) is 0.817. The van der Waals surface area contributed by atoms with E-state index in [0.29, 0.717) is 28.4 Å². The number of hydrogen-bond acceptors (Lipinski definition) is 6. The van der Waals surface area contributed by atoms with Gasteiger partial charge in [0.15, 0.2) is 0 Å². The molecule has 0 saturated carbocycles. The lowest BCUT2D eigenvalue weighted by Gasteiger charge is -2.31. The molecular weight excluding hydrogens is 628 g/mol. The van der Waals surface area contributed by atoms with Gasteiger partial charge in [-0.05, 0) is 76.6 Å². The van der Waals surface area contributed by atoms with E-state index < -0.39 is 17.7 Å². The first kappa shape index (κ1) is 34.2. The largest absolute Gasteiger partial charge is 0.497 e. The van der Waals surface area contributed by atoms with E-state index in [2.05, 4.69) is 0 Å². The van der Waals surface area contributed by atoms with Crippen LogP contribution in [0.5, 0.6) is 5.75 Å². The summed E-state index contributed by atoms with van der Waals surface area (Å²) in [6.07, 6.45) is 1.42. The number of para-hydroxylation sites is 2. The van der Waals surface area contributed by atoms with Crippen LogP contribution in [0.1, 0.15) is 51.3 Å². The molecule has 2 amide bonds. The summed E-state index contributed by atoms with van der Waals surface area (Å²) in [5.41, 5.74) is 4.31. The topological polar surface area (TPSA) is 93.4 Å². The molecule has 0 spiro atoms. The lowest BCUT2D eigenvalue weighted by atomic mass is 10.00. The Balaban J connectivity index is 1.44. The van der Waals surface area contributed by atoms with E-state index in [4.69, 9.17) is 14.5 Å². The summed E-state index contributed by atoms with van der Waals surface area (Å²) in [6.45, 7) is 9.16. The quantitative estimate of drug-likeness (QED) is 0.169. The third-order valence-electron chi connectivity index (χ3n) is 8.56. The molecule has 0 aliphatic carbocycles. The molecule has 0 fully saturated rings. The molecule has 0 radical (unpaired) electrons. The Kier molecular flexibility index (Phi) is 9.59. The second-order valence-electron chi connectivity index (χ2n) is 13.6. The molecule has 4 aromatic carbocycles. The Bertz CT molecular complexity index is 2060. The summed E-state index contributed by atoms with van der Waals surface area (Å²) in [6, 6.07) is 31.1. The maximum Gasteiger partial charge on any atom is 0.419 e. The number of carbonyl (C=O) groups excluding carboxylic acids is 3. The van der Waals surface area contributed by atoms with Crippen LogP contribution in [0.2, 0.25) is 0 Å². The molecule has 1 aliphatic rings. The molecule has 9 heteroatoms. The number of nitrogens with zero attached hydrogens (tertiary/aromatic N) is 4. The van der Waals surface area contributed by atoms with Gasteiger partial charge in [-0.1, -0.05) is 66.7 Å². The maximum absolute atomic E-state index is 14.8. The highest BCUT2D eigenvalue weighted by Gasteiger charge is 2.35. The summed E-state index contributed by atoms with van der Waals surface area (Å²) < 4.78 is 12.5. The zero-order valence-electron chi connectivity index (χ0n) is 29.3. The van der Waals surface area contributed by atoms with E-state index in [-0.39, 0.29) is 30.8 Å². The smallest absolute Gasteiger partial charge is 0.419 e. The molecule has 0 bridgehead atoms. The van der Waals surface area contributed by atoms with Crippen LogP contribution in [0, 0.1) is 0 Å². The van der Waals surface area contributed by atoms with E-state index in [1.54, 1.807) is 23.1 Å². The fourth-order valence-electron chi connectivity index (χ4n) is 6.38. The molecule has 1 atom stereocenters. The highest BCUT2D eigenvalue weighted by atomic mass is 16.6. The minimum absolute atomic E-state index is 0.181. The van der Waals surface area contributed by atoms with Crippen LogP contribution in [0.25, 0.3) is 10.9 Å². The van der Waals surface area contributed by atoms with Crippen LogP contribution in [-0.2, 0) is 20.7 Å². The number of methoxy groups -OCH3 is 1. The van der Waals surface area contributed by atoms with Gasteiger partial charge >= 0.3 is 6.09 Å². The van der Waals surface area contributed by atoms with E-state index in [9.17, 15) is 14.4 Å². The number of carbonyl (C=O) groups is 3. The van der Waals surface area contributed by atoms with Crippen LogP contribution >= 0.6 is 0 Å². The highest BCUT2D eigenvalue weighted by Crippen LogP contribution is 2.32. The lowest BCUT2D eigenvalue weighted by molar-refractivity contribution is -0.123. The van der Waals surface area contributed by atoms with Crippen LogP contribution in [0.15, 0.2) is 114 Å². The summed E-state index contributed by atoms with van der Waals surface area (Å²) in [5.74, 6) is 0.129. The summed E-state index contributed by atoms with van der Waals surface area (Å²) in [4.78, 5) is 50.8. The average molecular weight is 671 g/mol. The van der Waals surface area contributed by atoms with Crippen molar-refractivity contribution in [2.45, 2.75) is 58.7 Å². The number of ether oxygens (including phenoxy) is 2. The van der Waals surface area contributed by atoms with E-state index in [0.717, 1.165) is 22.1 Å². The van der Waals surface area contributed by atoms with Crippen molar-refractivity contribution in [2.75, 3.05) is 23.5 Å². The first-order valence-corrected chi connectivity index (χ1v) is 16.8. The molecule has 1 aliphatic heterocycles. The van der Waals surface area contributed by atoms with Gasteiger partial charge < -0.3 is 19.3 Å². The zero-order valence-corrected chi connectivity index (χ0v) is 29.3. The van der Waals surface area contributed by atoms with Crippen molar-refractivity contribution < 1.29 is 23.9 Å². The summed E-state index contributed by atoms with van der Waals surface area (Å²) in [7, 11) is 1.60. The minimum Gasteiger partial charge on any atom is -0.497 e. The number of aliphatic imine (C=N–C) groups is 1. The number of benzodiazepines with no additional fused rings is 1. The molecule has 1 unspecified atom stereocenters. The fraction of sp³-hybridized carbons (Fsp3) is 0.268. The Labute approximate surface area is 292 Å². The van der Waals surface area contributed by atoms with Crippen molar-refractivity contribution in [1.29, 1.82) is 0 Å². The Morgan fingerprint density at radius 2 is 1.54 bits per heavy atom. The normalized spacial score (nSPS) is 14.6. The van der Waals surface area contributed by atoms with Gasteiger partial charge in [0.2, 0.25) is 5.91 Å². The SMILES string of the molecule is COc1ccc(N(C(=O)CN2C(=O)C(Cc3cn(C(=O)OC(C)(C)C)c4ccccc34)N=C(c3ccccc3)c3ccccc32)C(C)C)cc1. The predicted molar refractivity (Wildman–Crippen MR) is 198 cm³/mol. The van der Waals surface area contributed by atoms with Crippen LogP contribution in [-0.4, -0.2) is 59.5 Å². The van der Waals surface area contributed by atoms with Gasteiger partial charge in [-0.2, -0.15) is 0 Å². The molecule has 5 aromatic rings. The maximum atomic E-state index is 14.8. The van der Waals surface area contributed by atoms with Gasteiger partial charge in [-0.25, -0.2) is 4.79 Å². The minimum atomic E-state index is -0.906. The third kappa shape index (κ3) is 7.03. The number of rotatable bonds is 8. The molecule has 6 rings (SSSR count). The van der Waals surface area contributed by atoms with Crippen molar-refractivity contribution in [1.82, 2.24) is 4.57 Å². The molecule has 0 N–H and O–H groups in total. The monoisotopic (exact) mass is 670 g/mol. The standard InChI is InChI=1S/C41H42N4O5/c1-27(2)45(30-20-22-31(49-6)23-21-30)37(46)26-43-36-19-13-11-17-33(36)38(28-14-8-7-9-15-28)42-34(39(43)47)24-29-25-44(40(48)50-41(3,4)5)35-18-12-10-16-32(29)35/h7-23,25,27,34H,24,26H2,1-6H3. The molecule has 9 nitrogen and oxygen atoms in total. The van der Waals surface area contributed by atoms with Crippen LogP contribution in [0.3, 0.4) is 0 Å². The number of anilines is 2. The van der Waals surface area contributed by atoms with Gasteiger partial charge in [0.25, 0.3) is 5.91 Å². The molecule has 0 saturated heterocycles. The van der Waals surface area contributed by atoms with Gasteiger partial charge in [0.05, 0.1) is 24.0 Å². The van der Waals surface area contributed by atoms with Crippen LogP contribution in [0.4, 0.5) is 16.2 Å². The van der Waals surface area contributed by atoms with E-state index in [1.165, 1.54) is 4.57 Å². The Morgan fingerprint density at radius 1 is 0.880 bits per heavy atom. The van der Waals surface area contributed by atoms with Crippen molar-refractivity contribution in [3.63, 3.8) is 0 Å². The molecule has 2 heterocycles. The van der Waals surface area contributed by atoms with Crippen molar-refractivity contribution >= 4 is 45.9 Å². The molecule has 1 aromatic heterocycles. The molecular formula is C41H42N4O5. The van der Waals surface area contributed by atoms with Crippen molar-refractivity contribution in [3.8, 4) is 5.75 Å². The van der Waals surface area contributed by atoms with Gasteiger partial charge in [-0.3, -0.25) is 19.1 Å². The first-order valence-electron chi connectivity index (χ1n) is 16.8. The Morgan fingerprint density at radius 3 is 2.22 bits per heavy atom. The summed E-state index contributed by atoms with van der Waals surface area (Å²) >= 11 is 0. The first-order chi connectivity index (χ1) is 23.9. The number of benzene rings is 4. The van der Waals surface area contributed by atoms with Crippen LogP contribution < -0.4 is 14.5 Å². The number of aromatic nitrogens is 1. The molecule has 256 valence electrons. The average Bonchev–Trinajstić information content (AvgIpc) is 3.42. The number of fused-ring (bicyclic) bond motifs is 2. The second kappa shape index (κ2) is 14.0. The Hall–Kier alpha value is -5.70. The predicted octanol–water partition coefficient (Wildman–Crippen LogP) is 7.67. The highest BCUT2D eigenvalue weighted by molar-refractivity contribution is 6.21. The van der Waals surface area contributed by atoms with Gasteiger partial charge in [0, 0.05) is 40.9 Å². The molecule has 50 heavy (non-hydrogen) atoms. The van der Waals surface area contributed by atoms with E-state index >= 15 is 0 Å². The van der Waals surface area contributed by atoms with Gasteiger partial charge in [-0.15, -0.1) is 0 Å². The third-order valence-corrected chi connectivity index (χ3v) is 8.56. The van der Waals surface area contributed by atoms with E-state index in [1.807, 2.05) is 138 Å². The zero-order chi connectivity index (χ0) is 35.6.